The van der Waals surface area contributed by atoms with Crippen LogP contribution in [0.3, 0.4) is 0 Å². The number of carbonyl (C=O) groups excluding carboxylic acids is 1. The Morgan fingerprint density at radius 3 is 2.37 bits per heavy atom. The number of aliphatic imine (C=N–C) groups is 1. The lowest BCUT2D eigenvalue weighted by molar-refractivity contribution is -0.117. The summed E-state index contributed by atoms with van der Waals surface area (Å²) >= 11 is 0. The number of benzene rings is 2. The van der Waals surface area contributed by atoms with Crippen LogP contribution < -0.4 is 20.3 Å². The van der Waals surface area contributed by atoms with E-state index in [-0.39, 0.29) is 29.9 Å². The minimum atomic E-state index is 0. The summed E-state index contributed by atoms with van der Waals surface area (Å²) in [5, 5.41) is 6.69. The molecule has 0 atom stereocenters. The SMILES string of the molecule is CN=C(NCCCc1ccc(OC)cc1)NCc1ccc(N2CCCC2=O)cc1.I. The van der Waals surface area contributed by atoms with E-state index in [4.69, 9.17) is 4.74 Å². The van der Waals surface area contributed by atoms with Gasteiger partial charge in [-0.25, -0.2) is 0 Å². The standard InChI is InChI=1S/C23H30N4O2.HI/c1-24-23(25-15-3-5-18-9-13-21(29-2)14-10-18)26-17-19-7-11-20(12-8-19)27-16-4-6-22(27)28;/h7-14H,3-6,15-17H2,1-2H3,(H2,24,25,26);1H. The minimum absolute atomic E-state index is 0. The van der Waals surface area contributed by atoms with Gasteiger partial charge in [-0.1, -0.05) is 24.3 Å². The molecule has 1 aliphatic rings. The minimum Gasteiger partial charge on any atom is -0.497 e. The molecular weight excluding hydrogens is 491 g/mol. The number of amides is 1. The highest BCUT2D eigenvalue weighted by Gasteiger charge is 2.21. The lowest BCUT2D eigenvalue weighted by atomic mass is 10.1. The Bertz CT molecular complexity index is 822. The van der Waals surface area contributed by atoms with E-state index in [1.54, 1.807) is 14.2 Å². The van der Waals surface area contributed by atoms with Crippen molar-refractivity contribution in [2.45, 2.75) is 32.2 Å². The molecule has 30 heavy (non-hydrogen) atoms. The quantitative estimate of drug-likeness (QED) is 0.240. The summed E-state index contributed by atoms with van der Waals surface area (Å²) in [6, 6.07) is 16.4. The second-order valence-electron chi connectivity index (χ2n) is 7.12. The van der Waals surface area contributed by atoms with E-state index in [1.807, 2.05) is 29.2 Å². The van der Waals surface area contributed by atoms with E-state index in [2.05, 4.69) is 39.9 Å². The van der Waals surface area contributed by atoms with Gasteiger partial charge >= 0.3 is 0 Å². The number of nitrogens with zero attached hydrogens (tertiary/aromatic N) is 2. The maximum absolute atomic E-state index is 11.8. The predicted molar refractivity (Wildman–Crippen MR) is 133 cm³/mol. The van der Waals surface area contributed by atoms with Crippen LogP contribution in [0.25, 0.3) is 0 Å². The Balaban J connectivity index is 0.00000320. The smallest absolute Gasteiger partial charge is 0.227 e. The van der Waals surface area contributed by atoms with Gasteiger partial charge in [0.05, 0.1) is 7.11 Å². The van der Waals surface area contributed by atoms with Crippen molar-refractivity contribution in [3.05, 3.63) is 59.7 Å². The van der Waals surface area contributed by atoms with Crippen LogP contribution in [0, 0.1) is 0 Å². The first-order valence-electron chi connectivity index (χ1n) is 10.2. The molecule has 1 heterocycles. The topological polar surface area (TPSA) is 66.0 Å². The summed E-state index contributed by atoms with van der Waals surface area (Å²) in [4.78, 5) is 18.0. The van der Waals surface area contributed by atoms with Crippen LogP contribution in [0.1, 0.15) is 30.4 Å². The number of anilines is 1. The van der Waals surface area contributed by atoms with E-state index in [9.17, 15) is 4.79 Å². The van der Waals surface area contributed by atoms with Crippen LogP contribution in [0.4, 0.5) is 5.69 Å². The molecule has 0 radical (unpaired) electrons. The van der Waals surface area contributed by atoms with Gasteiger partial charge in [0, 0.05) is 38.8 Å². The molecule has 0 aliphatic carbocycles. The average molecular weight is 522 g/mol. The maximum Gasteiger partial charge on any atom is 0.227 e. The van der Waals surface area contributed by atoms with Crippen molar-refractivity contribution in [1.82, 2.24) is 10.6 Å². The molecule has 7 heteroatoms. The highest BCUT2D eigenvalue weighted by atomic mass is 127. The van der Waals surface area contributed by atoms with E-state index >= 15 is 0 Å². The molecule has 2 aromatic carbocycles. The van der Waals surface area contributed by atoms with Gasteiger partial charge in [-0.2, -0.15) is 0 Å². The van der Waals surface area contributed by atoms with Crippen molar-refractivity contribution in [3.8, 4) is 5.75 Å². The molecule has 1 saturated heterocycles. The predicted octanol–water partition coefficient (Wildman–Crippen LogP) is 3.74. The third-order valence-corrected chi connectivity index (χ3v) is 5.10. The van der Waals surface area contributed by atoms with Gasteiger partial charge in [-0.3, -0.25) is 9.79 Å². The molecule has 6 nitrogen and oxygen atoms in total. The summed E-state index contributed by atoms with van der Waals surface area (Å²) in [5.41, 5.74) is 3.44. The van der Waals surface area contributed by atoms with Gasteiger partial charge in [-0.05, 0) is 54.7 Å². The van der Waals surface area contributed by atoms with Crippen LogP contribution in [0.15, 0.2) is 53.5 Å². The highest BCUT2D eigenvalue weighted by Crippen LogP contribution is 2.21. The van der Waals surface area contributed by atoms with Crippen LogP contribution in [-0.2, 0) is 17.8 Å². The number of hydrogen-bond donors (Lipinski definition) is 2. The first-order chi connectivity index (χ1) is 14.2. The Hall–Kier alpha value is -2.29. The van der Waals surface area contributed by atoms with Crippen molar-refractivity contribution in [3.63, 3.8) is 0 Å². The number of rotatable bonds is 8. The summed E-state index contributed by atoms with van der Waals surface area (Å²) < 4.78 is 5.19. The van der Waals surface area contributed by atoms with Crippen molar-refractivity contribution < 1.29 is 9.53 Å². The Labute approximate surface area is 196 Å². The van der Waals surface area contributed by atoms with Crippen LogP contribution in [-0.4, -0.2) is 39.1 Å². The zero-order valence-electron chi connectivity index (χ0n) is 17.7. The van der Waals surface area contributed by atoms with Crippen molar-refractivity contribution in [1.29, 1.82) is 0 Å². The van der Waals surface area contributed by atoms with Crippen LogP contribution in [0.2, 0.25) is 0 Å². The average Bonchev–Trinajstić information content (AvgIpc) is 3.20. The molecule has 3 rings (SSSR count). The van der Waals surface area contributed by atoms with E-state index in [0.717, 1.165) is 55.3 Å². The molecular formula is C23H31IN4O2. The number of carbonyl (C=O) groups is 1. The number of hydrogen-bond acceptors (Lipinski definition) is 3. The summed E-state index contributed by atoms with van der Waals surface area (Å²) in [5.74, 6) is 1.89. The Morgan fingerprint density at radius 2 is 1.77 bits per heavy atom. The summed E-state index contributed by atoms with van der Waals surface area (Å²) in [6.07, 6.45) is 3.63. The maximum atomic E-state index is 11.8. The highest BCUT2D eigenvalue weighted by molar-refractivity contribution is 14.0. The molecule has 162 valence electrons. The molecule has 0 spiro atoms. The first kappa shape index (κ1) is 24.0. The molecule has 0 saturated carbocycles. The molecule has 0 aromatic heterocycles. The molecule has 2 N–H and O–H groups in total. The van der Waals surface area contributed by atoms with Gasteiger partial charge in [0.2, 0.25) is 5.91 Å². The second-order valence-corrected chi connectivity index (χ2v) is 7.12. The Kier molecular flexibility index (Phi) is 9.93. The number of methoxy groups -OCH3 is 1. The van der Waals surface area contributed by atoms with E-state index < -0.39 is 0 Å². The number of nitrogens with one attached hydrogen (secondary N) is 2. The van der Waals surface area contributed by atoms with Gasteiger partial charge in [-0.15, -0.1) is 24.0 Å². The number of ether oxygens (including phenoxy) is 1. The van der Waals surface area contributed by atoms with Crippen molar-refractivity contribution in [2.75, 3.05) is 32.1 Å². The zero-order chi connectivity index (χ0) is 20.5. The number of guanidine groups is 1. The monoisotopic (exact) mass is 522 g/mol. The fourth-order valence-corrected chi connectivity index (χ4v) is 3.41. The zero-order valence-corrected chi connectivity index (χ0v) is 20.0. The third-order valence-electron chi connectivity index (χ3n) is 5.10. The van der Waals surface area contributed by atoms with Gasteiger partial charge in [0.25, 0.3) is 0 Å². The fourth-order valence-electron chi connectivity index (χ4n) is 3.41. The van der Waals surface area contributed by atoms with Crippen molar-refractivity contribution in [2.24, 2.45) is 4.99 Å². The lowest BCUT2D eigenvalue weighted by Crippen LogP contribution is -2.37. The fraction of sp³-hybridized carbons (Fsp3) is 0.391. The molecule has 0 bridgehead atoms. The summed E-state index contributed by atoms with van der Waals surface area (Å²) in [6.45, 7) is 2.36. The van der Waals surface area contributed by atoms with Gasteiger partial charge < -0.3 is 20.3 Å². The molecule has 1 amide bonds. The van der Waals surface area contributed by atoms with Gasteiger partial charge in [0.15, 0.2) is 5.96 Å². The molecule has 2 aromatic rings. The van der Waals surface area contributed by atoms with Crippen LogP contribution in [0.5, 0.6) is 5.75 Å². The number of halogens is 1. The van der Waals surface area contributed by atoms with E-state index in [0.29, 0.717) is 13.0 Å². The van der Waals surface area contributed by atoms with Crippen molar-refractivity contribution >= 4 is 41.5 Å². The largest absolute Gasteiger partial charge is 0.497 e. The van der Waals surface area contributed by atoms with Crippen LogP contribution >= 0.6 is 24.0 Å². The normalized spacial score (nSPS) is 13.7. The molecule has 0 unspecified atom stereocenters. The second kappa shape index (κ2) is 12.4. The Morgan fingerprint density at radius 1 is 1.07 bits per heavy atom. The third kappa shape index (κ3) is 6.90. The van der Waals surface area contributed by atoms with Gasteiger partial charge in [0.1, 0.15) is 5.75 Å². The lowest BCUT2D eigenvalue weighted by Gasteiger charge is -2.16. The number of aryl methyl sites for hydroxylation is 1. The molecule has 1 aliphatic heterocycles. The first-order valence-corrected chi connectivity index (χ1v) is 10.2. The van der Waals surface area contributed by atoms with E-state index in [1.165, 1.54) is 5.56 Å². The molecule has 1 fully saturated rings. The summed E-state index contributed by atoms with van der Waals surface area (Å²) in [7, 11) is 3.46.